The van der Waals surface area contributed by atoms with Gasteiger partial charge in [-0.05, 0) is 24.6 Å². The van der Waals surface area contributed by atoms with Crippen molar-refractivity contribution in [1.82, 2.24) is 24.6 Å². The number of amides is 1. The molecule has 3 heterocycles. The highest BCUT2D eigenvalue weighted by molar-refractivity contribution is 8.00. The Hall–Kier alpha value is -1.81. The number of hydrogen-bond donors (Lipinski definition) is 0. The first-order valence-corrected chi connectivity index (χ1v) is 11.8. The van der Waals surface area contributed by atoms with Gasteiger partial charge in [0.25, 0.3) is 5.91 Å². The molecule has 4 rings (SSSR count). The van der Waals surface area contributed by atoms with Crippen LogP contribution in [0.25, 0.3) is 0 Å². The molecule has 2 atom stereocenters. The summed E-state index contributed by atoms with van der Waals surface area (Å²) in [5.74, 6) is 0.537. The minimum atomic E-state index is -0.450. The normalized spacial score (nSPS) is 20.1. The number of ether oxygens (including phenoxy) is 1. The molecule has 0 N–H and O–H groups in total. The number of aryl methyl sites for hydroxylation is 1. The third kappa shape index (κ3) is 4.41. The fourth-order valence-corrected chi connectivity index (χ4v) is 5.67. The molecule has 2 unspecified atom stereocenters. The molecule has 2 aliphatic heterocycles. The second kappa shape index (κ2) is 9.36. The van der Waals surface area contributed by atoms with E-state index in [0.29, 0.717) is 60.2 Å². The van der Waals surface area contributed by atoms with Gasteiger partial charge < -0.3 is 9.64 Å². The summed E-state index contributed by atoms with van der Waals surface area (Å²) in [5, 5.41) is 5.54. The van der Waals surface area contributed by atoms with Gasteiger partial charge in [-0.25, -0.2) is 9.78 Å². The predicted molar refractivity (Wildman–Crippen MR) is 119 cm³/mol. The third-order valence-electron chi connectivity index (χ3n) is 5.42. The Labute approximate surface area is 194 Å². The van der Waals surface area contributed by atoms with Crippen molar-refractivity contribution in [2.24, 2.45) is 0 Å². The van der Waals surface area contributed by atoms with E-state index in [-0.39, 0.29) is 18.0 Å². The van der Waals surface area contributed by atoms with Crippen LogP contribution in [0.2, 0.25) is 10.0 Å². The molecule has 0 spiro atoms. The molecule has 2 aliphatic rings. The van der Waals surface area contributed by atoms with E-state index < -0.39 is 5.25 Å². The molecule has 31 heavy (non-hydrogen) atoms. The Bertz CT molecular complexity index is 993. The molecule has 0 aliphatic carbocycles. The number of carbonyl (C=O) groups excluding carboxylic acids is 2. The zero-order chi connectivity index (χ0) is 22.1. The number of benzene rings is 1. The van der Waals surface area contributed by atoms with E-state index in [2.05, 4.69) is 15.0 Å². The molecule has 8 nitrogen and oxygen atoms in total. The summed E-state index contributed by atoms with van der Waals surface area (Å²) in [5.41, 5.74) is 0.822. The summed E-state index contributed by atoms with van der Waals surface area (Å²) >= 11 is 14.1. The molecule has 1 amide bonds. The number of aromatic nitrogens is 3. The number of hydrogen-bond acceptors (Lipinski definition) is 7. The number of nitrogens with zero attached hydrogens (tertiary/aromatic N) is 5. The lowest BCUT2D eigenvalue weighted by Crippen LogP contribution is -2.52. The largest absolute Gasteiger partial charge is 0.450 e. The van der Waals surface area contributed by atoms with Crippen molar-refractivity contribution in [2.45, 2.75) is 36.7 Å². The van der Waals surface area contributed by atoms with Gasteiger partial charge in [0.15, 0.2) is 11.0 Å². The zero-order valence-corrected chi connectivity index (χ0v) is 19.6. The van der Waals surface area contributed by atoms with Crippen LogP contribution in [0.3, 0.4) is 0 Å². The smallest absolute Gasteiger partial charge is 0.409 e. The zero-order valence-electron chi connectivity index (χ0n) is 17.3. The molecule has 166 valence electrons. The summed E-state index contributed by atoms with van der Waals surface area (Å²) in [6.07, 6.45) is 0.354. The van der Waals surface area contributed by atoms with Crippen molar-refractivity contribution in [3.8, 4) is 0 Å². The monoisotopic (exact) mass is 483 g/mol. The van der Waals surface area contributed by atoms with E-state index in [4.69, 9.17) is 27.9 Å². The van der Waals surface area contributed by atoms with Crippen LogP contribution in [-0.4, -0.2) is 74.6 Å². The van der Waals surface area contributed by atoms with E-state index in [1.807, 2.05) is 13.0 Å². The molecular formula is C20H23Cl2N5O3S. The van der Waals surface area contributed by atoms with Crippen LogP contribution >= 0.6 is 35.0 Å². The van der Waals surface area contributed by atoms with Gasteiger partial charge in [0.05, 0.1) is 12.6 Å². The number of halogens is 2. The van der Waals surface area contributed by atoms with E-state index in [0.717, 1.165) is 5.56 Å². The van der Waals surface area contributed by atoms with E-state index >= 15 is 0 Å². The standard InChI is InChI=1S/C20H23Cl2N5O3S/c1-3-15-23-19-27(24-15)18(28)17(31-19)16(13-6-5-12(21)11-14(13)22)25-7-9-26(10-8-25)20(29)30-4-2/h5-6,11,16-17H,3-4,7-10H2,1-2H3. The number of piperazine rings is 1. The lowest BCUT2D eigenvalue weighted by molar-refractivity contribution is 0.0600. The molecule has 1 saturated heterocycles. The van der Waals surface area contributed by atoms with Crippen LogP contribution in [0.15, 0.2) is 23.4 Å². The van der Waals surface area contributed by atoms with Gasteiger partial charge in [-0.3, -0.25) is 9.69 Å². The minimum Gasteiger partial charge on any atom is -0.450 e. The van der Waals surface area contributed by atoms with Crippen LogP contribution in [0.4, 0.5) is 4.79 Å². The summed E-state index contributed by atoms with van der Waals surface area (Å²) in [4.78, 5) is 33.7. The highest BCUT2D eigenvalue weighted by atomic mass is 35.5. The number of thioether (sulfide) groups is 1. The first kappa shape index (κ1) is 22.4. The van der Waals surface area contributed by atoms with Crippen molar-refractivity contribution < 1.29 is 14.3 Å². The molecule has 0 radical (unpaired) electrons. The lowest BCUT2D eigenvalue weighted by atomic mass is 10.00. The number of rotatable bonds is 5. The SMILES string of the molecule is CCOC(=O)N1CCN(C(c2ccc(Cl)cc2Cl)C2Sc3nc(CC)nn3C2=O)CC1. The van der Waals surface area contributed by atoms with Gasteiger partial charge in [0.2, 0.25) is 0 Å². The number of carbonyl (C=O) groups is 2. The maximum absolute atomic E-state index is 13.3. The van der Waals surface area contributed by atoms with Crippen LogP contribution in [0, 0.1) is 0 Å². The fraction of sp³-hybridized carbons (Fsp3) is 0.500. The highest BCUT2D eigenvalue weighted by Gasteiger charge is 2.44. The molecule has 2 aromatic rings. The molecule has 0 saturated carbocycles. The Morgan fingerprint density at radius 1 is 1.26 bits per heavy atom. The van der Waals surface area contributed by atoms with Gasteiger partial charge in [-0.15, -0.1) is 5.10 Å². The summed E-state index contributed by atoms with van der Waals surface area (Å²) in [6, 6.07) is 5.03. The third-order valence-corrected chi connectivity index (χ3v) is 7.17. The summed E-state index contributed by atoms with van der Waals surface area (Å²) < 4.78 is 6.52. The van der Waals surface area contributed by atoms with Crippen molar-refractivity contribution in [3.05, 3.63) is 39.6 Å². The Kier molecular flexibility index (Phi) is 6.76. The van der Waals surface area contributed by atoms with Crippen molar-refractivity contribution in [3.63, 3.8) is 0 Å². The van der Waals surface area contributed by atoms with E-state index in [1.165, 1.54) is 16.4 Å². The van der Waals surface area contributed by atoms with Crippen LogP contribution in [0.1, 0.15) is 36.1 Å². The lowest BCUT2D eigenvalue weighted by Gasteiger charge is -2.40. The summed E-state index contributed by atoms with van der Waals surface area (Å²) in [6.45, 7) is 6.27. The molecule has 1 fully saturated rings. The number of fused-ring (bicyclic) bond motifs is 1. The van der Waals surface area contributed by atoms with E-state index in [9.17, 15) is 9.59 Å². The predicted octanol–water partition coefficient (Wildman–Crippen LogP) is 3.78. The second-order valence-electron chi connectivity index (χ2n) is 7.29. The van der Waals surface area contributed by atoms with Crippen LogP contribution in [0.5, 0.6) is 0 Å². The topological polar surface area (TPSA) is 80.6 Å². The fourth-order valence-electron chi connectivity index (χ4n) is 3.88. The van der Waals surface area contributed by atoms with Gasteiger partial charge in [-0.1, -0.05) is 48.0 Å². The Morgan fingerprint density at radius 2 is 2.00 bits per heavy atom. The average Bonchev–Trinajstić information content (AvgIpc) is 3.29. The Balaban J connectivity index is 1.61. The molecular weight excluding hydrogens is 461 g/mol. The molecule has 1 aromatic carbocycles. The van der Waals surface area contributed by atoms with Gasteiger partial charge in [0, 0.05) is 42.6 Å². The van der Waals surface area contributed by atoms with Gasteiger partial charge in [0.1, 0.15) is 5.25 Å². The molecule has 1 aromatic heterocycles. The minimum absolute atomic E-state index is 0.115. The maximum atomic E-state index is 13.3. The van der Waals surface area contributed by atoms with Crippen LogP contribution < -0.4 is 0 Å². The average molecular weight is 484 g/mol. The first-order valence-electron chi connectivity index (χ1n) is 10.2. The van der Waals surface area contributed by atoms with E-state index in [1.54, 1.807) is 24.0 Å². The highest BCUT2D eigenvalue weighted by Crippen LogP contribution is 2.43. The molecule has 11 heteroatoms. The van der Waals surface area contributed by atoms with Gasteiger partial charge >= 0.3 is 6.09 Å². The quantitative estimate of drug-likeness (QED) is 0.639. The molecule has 0 bridgehead atoms. The second-order valence-corrected chi connectivity index (χ2v) is 9.24. The van der Waals surface area contributed by atoms with Crippen LogP contribution in [-0.2, 0) is 11.2 Å². The first-order chi connectivity index (χ1) is 14.9. The van der Waals surface area contributed by atoms with Crippen molar-refractivity contribution in [2.75, 3.05) is 32.8 Å². The Morgan fingerprint density at radius 3 is 2.61 bits per heavy atom. The summed E-state index contributed by atoms with van der Waals surface area (Å²) in [7, 11) is 0. The van der Waals surface area contributed by atoms with Crippen molar-refractivity contribution in [1.29, 1.82) is 0 Å². The van der Waals surface area contributed by atoms with Gasteiger partial charge in [-0.2, -0.15) is 4.68 Å². The maximum Gasteiger partial charge on any atom is 0.409 e. The van der Waals surface area contributed by atoms with Crippen molar-refractivity contribution >= 4 is 47.0 Å².